The average Bonchev–Trinajstić information content (AvgIpc) is 2.41. The van der Waals surface area contributed by atoms with Crippen molar-refractivity contribution in [3.05, 3.63) is 34.9 Å². The zero-order valence-corrected chi connectivity index (χ0v) is 12.5. The quantitative estimate of drug-likeness (QED) is 0.921. The maximum Gasteiger partial charge on any atom is 0.236 e. The van der Waals surface area contributed by atoms with Crippen molar-refractivity contribution in [3.63, 3.8) is 0 Å². The summed E-state index contributed by atoms with van der Waals surface area (Å²) in [6, 6.07) is 7.56. The van der Waals surface area contributed by atoms with Crippen LogP contribution in [-0.4, -0.2) is 53.6 Å². The van der Waals surface area contributed by atoms with Gasteiger partial charge < -0.3 is 10.0 Å². The molecular weight excluding hydrogens is 276 g/mol. The maximum absolute atomic E-state index is 12.2. The molecule has 1 aromatic carbocycles. The summed E-state index contributed by atoms with van der Waals surface area (Å²) in [7, 11) is 1.81. The molecule has 1 aliphatic rings. The van der Waals surface area contributed by atoms with Gasteiger partial charge in [-0.3, -0.25) is 9.69 Å². The second kappa shape index (κ2) is 7.07. The van der Waals surface area contributed by atoms with Crippen LogP contribution in [0.2, 0.25) is 5.02 Å². The van der Waals surface area contributed by atoms with Gasteiger partial charge in [0.1, 0.15) is 0 Å². The number of rotatable bonds is 4. The predicted molar refractivity (Wildman–Crippen MR) is 79.6 cm³/mol. The fourth-order valence-corrected chi connectivity index (χ4v) is 2.60. The molecule has 0 aliphatic carbocycles. The number of carbonyl (C=O) groups excluding carboxylic acids is 1. The molecule has 0 unspecified atom stereocenters. The van der Waals surface area contributed by atoms with Crippen LogP contribution in [0.3, 0.4) is 0 Å². The molecule has 0 saturated carbocycles. The number of hydrogen-bond acceptors (Lipinski definition) is 3. The lowest BCUT2D eigenvalue weighted by atomic mass is 10.1. The summed E-state index contributed by atoms with van der Waals surface area (Å²) in [6.45, 7) is 2.56. The Kier molecular flexibility index (Phi) is 5.40. The highest BCUT2D eigenvalue weighted by Crippen LogP contribution is 2.13. The smallest absolute Gasteiger partial charge is 0.236 e. The zero-order valence-electron chi connectivity index (χ0n) is 11.8. The minimum atomic E-state index is -0.203. The van der Waals surface area contributed by atoms with Crippen molar-refractivity contribution in [2.45, 2.75) is 25.5 Å². The van der Waals surface area contributed by atoms with E-state index in [9.17, 15) is 9.90 Å². The molecule has 1 saturated heterocycles. The van der Waals surface area contributed by atoms with Crippen molar-refractivity contribution < 1.29 is 9.90 Å². The molecule has 0 radical (unpaired) electrons. The Hall–Kier alpha value is -1.10. The van der Waals surface area contributed by atoms with Crippen molar-refractivity contribution >= 4 is 17.5 Å². The fourth-order valence-electron chi connectivity index (χ4n) is 2.39. The van der Waals surface area contributed by atoms with Crippen LogP contribution in [0.5, 0.6) is 0 Å². The summed E-state index contributed by atoms with van der Waals surface area (Å²) in [5.41, 5.74) is 1.03. The Morgan fingerprint density at radius 1 is 1.45 bits per heavy atom. The van der Waals surface area contributed by atoms with E-state index in [1.54, 1.807) is 4.90 Å². The number of likely N-dealkylation sites (N-methyl/N-ethyl adjacent to an activating group) is 1. The van der Waals surface area contributed by atoms with E-state index in [4.69, 9.17) is 11.6 Å². The van der Waals surface area contributed by atoms with Crippen molar-refractivity contribution in [1.82, 2.24) is 9.80 Å². The molecule has 1 aromatic rings. The first-order valence-electron chi connectivity index (χ1n) is 6.93. The van der Waals surface area contributed by atoms with E-state index in [1.807, 2.05) is 31.3 Å². The summed E-state index contributed by atoms with van der Waals surface area (Å²) < 4.78 is 0. The molecule has 1 amide bonds. The van der Waals surface area contributed by atoms with Gasteiger partial charge in [-0.1, -0.05) is 23.7 Å². The van der Waals surface area contributed by atoms with Crippen LogP contribution in [-0.2, 0) is 11.3 Å². The number of piperidine rings is 1. The molecule has 2 rings (SSSR count). The highest BCUT2D eigenvalue weighted by molar-refractivity contribution is 6.30. The molecule has 1 aliphatic heterocycles. The molecule has 0 atom stereocenters. The SMILES string of the molecule is CN(Cc1cccc(Cl)c1)C(=O)CN1CCC(O)CC1. The lowest BCUT2D eigenvalue weighted by Crippen LogP contribution is -2.43. The van der Waals surface area contributed by atoms with Gasteiger partial charge in [-0.15, -0.1) is 0 Å². The second-order valence-electron chi connectivity index (χ2n) is 5.39. The van der Waals surface area contributed by atoms with Gasteiger partial charge in [0.15, 0.2) is 0 Å². The maximum atomic E-state index is 12.2. The van der Waals surface area contributed by atoms with Crippen molar-refractivity contribution in [3.8, 4) is 0 Å². The fraction of sp³-hybridized carbons (Fsp3) is 0.533. The first-order chi connectivity index (χ1) is 9.54. The van der Waals surface area contributed by atoms with E-state index in [1.165, 1.54) is 0 Å². The monoisotopic (exact) mass is 296 g/mol. The standard InChI is InChI=1S/C15H21ClN2O2/c1-17(10-12-3-2-4-13(16)9-12)15(20)11-18-7-5-14(19)6-8-18/h2-4,9,14,19H,5-8,10-11H2,1H3. The molecule has 20 heavy (non-hydrogen) atoms. The van der Waals surface area contributed by atoms with Crippen LogP contribution >= 0.6 is 11.6 Å². The molecule has 0 bridgehead atoms. The number of nitrogens with zero attached hydrogens (tertiary/aromatic N) is 2. The lowest BCUT2D eigenvalue weighted by Gasteiger charge is -2.30. The van der Waals surface area contributed by atoms with Crippen molar-refractivity contribution in [2.24, 2.45) is 0 Å². The molecule has 110 valence electrons. The molecular formula is C15H21ClN2O2. The molecule has 1 heterocycles. The Labute approximate surface area is 124 Å². The van der Waals surface area contributed by atoms with Gasteiger partial charge in [0.2, 0.25) is 5.91 Å². The Morgan fingerprint density at radius 3 is 2.80 bits per heavy atom. The van der Waals surface area contributed by atoms with E-state index < -0.39 is 0 Å². The van der Waals surface area contributed by atoms with Gasteiger partial charge >= 0.3 is 0 Å². The van der Waals surface area contributed by atoms with Crippen LogP contribution < -0.4 is 0 Å². The van der Waals surface area contributed by atoms with Crippen LogP contribution in [0.25, 0.3) is 0 Å². The molecule has 4 nitrogen and oxygen atoms in total. The third kappa shape index (κ3) is 4.47. The molecule has 0 spiro atoms. The van der Waals surface area contributed by atoms with Crippen LogP contribution in [0.4, 0.5) is 0 Å². The number of amides is 1. The first kappa shape index (κ1) is 15.3. The van der Waals surface area contributed by atoms with Gasteiger partial charge in [-0.2, -0.15) is 0 Å². The second-order valence-corrected chi connectivity index (χ2v) is 5.82. The number of likely N-dealkylation sites (tertiary alicyclic amines) is 1. The minimum absolute atomic E-state index is 0.0985. The van der Waals surface area contributed by atoms with E-state index in [-0.39, 0.29) is 12.0 Å². The molecule has 1 fully saturated rings. The Balaban J connectivity index is 1.83. The van der Waals surface area contributed by atoms with E-state index in [2.05, 4.69) is 4.90 Å². The van der Waals surface area contributed by atoms with Gasteiger partial charge in [0.25, 0.3) is 0 Å². The summed E-state index contributed by atoms with van der Waals surface area (Å²) in [6.07, 6.45) is 1.31. The Bertz CT molecular complexity index is 459. The van der Waals surface area contributed by atoms with Crippen LogP contribution in [0.1, 0.15) is 18.4 Å². The highest BCUT2D eigenvalue weighted by atomic mass is 35.5. The van der Waals surface area contributed by atoms with Crippen LogP contribution in [0, 0.1) is 0 Å². The topological polar surface area (TPSA) is 43.8 Å². The number of aliphatic hydroxyl groups excluding tert-OH is 1. The van der Waals surface area contributed by atoms with Gasteiger partial charge in [0.05, 0.1) is 12.6 Å². The summed E-state index contributed by atoms with van der Waals surface area (Å²) in [4.78, 5) is 16.0. The van der Waals surface area contributed by atoms with E-state index >= 15 is 0 Å². The van der Waals surface area contributed by atoms with Crippen LogP contribution in [0.15, 0.2) is 24.3 Å². The summed E-state index contributed by atoms with van der Waals surface area (Å²) in [5, 5.41) is 10.1. The van der Waals surface area contributed by atoms with Gasteiger partial charge in [0, 0.05) is 31.7 Å². The third-order valence-electron chi connectivity index (χ3n) is 3.65. The lowest BCUT2D eigenvalue weighted by molar-refractivity contribution is -0.132. The number of carbonyl (C=O) groups is 1. The van der Waals surface area contributed by atoms with Crippen molar-refractivity contribution in [2.75, 3.05) is 26.7 Å². The minimum Gasteiger partial charge on any atom is -0.393 e. The third-order valence-corrected chi connectivity index (χ3v) is 3.89. The molecule has 0 aromatic heterocycles. The van der Waals surface area contributed by atoms with Crippen molar-refractivity contribution in [1.29, 1.82) is 0 Å². The summed E-state index contributed by atoms with van der Waals surface area (Å²) >= 11 is 5.94. The normalized spacial score (nSPS) is 17.1. The number of aliphatic hydroxyl groups is 1. The predicted octanol–water partition coefficient (Wildman–Crippen LogP) is 1.76. The first-order valence-corrected chi connectivity index (χ1v) is 7.31. The number of halogens is 1. The number of hydrogen-bond donors (Lipinski definition) is 1. The molecule has 1 N–H and O–H groups in total. The van der Waals surface area contributed by atoms with E-state index in [0.717, 1.165) is 31.5 Å². The Morgan fingerprint density at radius 2 is 2.15 bits per heavy atom. The molecule has 5 heteroatoms. The van der Waals surface area contributed by atoms with Gasteiger partial charge in [-0.05, 0) is 30.5 Å². The average molecular weight is 297 g/mol. The zero-order chi connectivity index (χ0) is 14.5. The summed E-state index contributed by atoms with van der Waals surface area (Å²) in [5.74, 6) is 0.0985. The van der Waals surface area contributed by atoms with Gasteiger partial charge in [-0.25, -0.2) is 0 Å². The largest absolute Gasteiger partial charge is 0.393 e. The number of benzene rings is 1. The van der Waals surface area contributed by atoms with E-state index in [0.29, 0.717) is 18.1 Å². The highest BCUT2D eigenvalue weighted by Gasteiger charge is 2.20.